The molecule has 1 N–H and O–H groups in total. The van der Waals surface area contributed by atoms with E-state index in [0.717, 1.165) is 11.4 Å². The van der Waals surface area contributed by atoms with E-state index in [-0.39, 0.29) is 6.10 Å². The molecule has 1 aromatic heterocycles. The fraction of sp³-hybridized carbons (Fsp3) is 0.333. The number of nitrogens with one attached hydrogen (secondary N) is 1. The predicted octanol–water partition coefficient (Wildman–Crippen LogP) is 3.75. The summed E-state index contributed by atoms with van der Waals surface area (Å²) in [5, 5.41) is 0. The monoisotopic (exact) mass is 272 g/mol. The summed E-state index contributed by atoms with van der Waals surface area (Å²) in [7, 11) is 1.69. The summed E-state index contributed by atoms with van der Waals surface area (Å²) in [5.74, 6) is 1.42. The highest BCUT2D eigenvalue weighted by Gasteiger charge is 2.26. The van der Waals surface area contributed by atoms with Gasteiger partial charge in [-0.3, -0.25) is 0 Å². The van der Waals surface area contributed by atoms with Crippen molar-refractivity contribution in [3.05, 3.63) is 58.1 Å². The van der Waals surface area contributed by atoms with Crippen molar-refractivity contribution in [3.8, 4) is 0 Å². The minimum Gasteiger partial charge on any atom is -0.369 e. The lowest BCUT2D eigenvalue weighted by molar-refractivity contribution is 0.128. The van der Waals surface area contributed by atoms with Crippen LogP contribution in [0.15, 0.2) is 36.4 Å². The van der Waals surface area contributed by atoms with Crippen molar-refractivity contribution in [2.45, 2.75) is 24.9 Å². The molecule has 3 nitrogen and oxygen atoms in total. The molecule has 1 aromatic carbocycles. The highest BCUT2D eigenvalue weighted by atomic mass is 32.1. The second kappa shape index (κ2) is 5.23. The summed E-state index contributed by atoms with van der Waals surface area (Å²) in [5.41, 5.74) is 2.27. The molecule has 1 aliphatic carbocycles. The van der Waals surface area contributed by atoms with E-state index in [1.165, 1.54) is 18.5 Å². The zero-order valence-electron chi connectivity index (χ0n) is 10.8. The number of nitrogens with zero attached hydrogens (tertiary/aromatic N) is 1. The smallest absolute Gasteiger partial charge is 0.141 e. The molecule has 1 saturated carbocycles. The van der Waals surface area contributed by atoms with E-state index in [4.69, 9.17) is 17.0 Å². The number of benzene rings is 1. The van der Waals surface area contributed by atoms with Crippen molar-refractivity contribution in [3.63, 3.8) is 0 Å². The maximum absolute atomic E-state index is 5.59. The molecule has 2 aromatic rings. The van der Waals surface area contributed by atoms with Gasteiger partial charge in [0.1, 0.15) is 16.6 Å². The van der Waals surface area contributed by atoms with Crippen LogP contribution in [0.1, 0.15) is 41.9 Å². The molecule has 0 bridgehead atoms. The van der Waals surface area contributed by atoms with Gasteiger partial charge in [-0.15, -0.1) is 0 Å². The zero-order valence-corrected chi connectivity index (χ0v) is 11.6. The van der Waals surface area contributed by atoms with Crippen LogP contribution in [0, 0.1) is 4.64 Å². The highest BCUT2D eigenvalue weighted by molar-refractivity contribution is 7.71. The van der Waals surface area contributed by atoms with Crippen LogP contribution in [0.25, 0.3) is 0 Å². The Balaban J connectivity index is 2.01. The maximum Gasteiger partial charge on any atom is 0.141 e. The minimum atomic E-state index is -0.193. The van der Waals surface area contributed by atoms with Crippen LogP contribution < -0.4 is 0 Å². The number of hydrogen-bond acceptors (Lipinski definition) is 3. The molecule has 1 fully saturated rings. The number of rotatable bonds is 4. The van der Waals surface area contributed by atoms with Gasteiger partial charge in [-0.2, -0.15) is 0 Å². The van der Waals surface area contributed by atoms with Crippen LogP contribution in [0.3, 0.4) is 0 Å². The second-order valence-electron chi connectivity index (χ2n) is 4.86. The van der Waals surface area contributed by atoms with E-state index in [1.807, 2.05) is 36.4 Å². The lowest BCUT2D eigenvalue weighted by Crippen LogP contribution is -2.09. The van der Waals surface area contributed by atoms with E-state index in [2.05, 4.69) is 9.97 Å². The molecule has 1 unspecified atom stereocenters. The molecule has 98 valence electrons. The Hall–Kier alpha value is -1.52. The van der Waals surface area contributed by atoms with Crippen molar-refractivity contribution < 1.29 is 4.74 Å². The van der Waals surface area contributed by atoms with Gasteiger partial charge in [0.25, 0.3) is 0 Å². The Labute approximate surface area is 117 Å². The third kappa shape index (κ3) is 2.74. The lowest BCUT2D eigenvalue weighted by Gasteiger charge is -2.16. The number of methoxy groups -OCH3 is 1. The Morgan fingerprint density at radius 3 is 2.68 bits per heavy atom. The fourth-order valence-corrected chi connectivity index (χ4v) is 2.49. The molecule has 1 heterocycles. The van der Waals surface area contributed by atoms with Crippen molar-refractivity contribution in [1.29, 1.82) is 0 Å². The number of aromatic amines is 1. The first-order valence-corrected chi connectivity index (χ1v) is 6.87. The highest BCUT2D eigenvalue weighted by Crippen LogP contribution is 2.39. The van der Waals surface area contributed by atoms with Gasteiger partial charge in [0.2, 0.25) is 0 Å². The molecular weight excluding hydrogens is 256 g/mol. The van der Waals surface area contributed by atoms with Gasteiger partial charge in [0.15, 0.2) is 0 Å². The standard InChI is InChI=1S/C15H16N2OS/c1-18-14(11-5-3-2-4-6-11)15-16-12(10-7-8-10)9-13(19)17-15/h2-6,9-10,14H,7-8H2,1H3,(H,16,17,19). The Morgan fingerprint density at radius 1 is 1.32 bits per heavy atom. The number of hydrogen-bond donors (Lipinski definition) is 1. The van der Waals surface area contributed by atoms with E-state index < -0.39 is 0 Å². The van der Waals surface area contributed by atoms with Crippen LogP contribution in [-0.2, 0) is 4.74 Å². The van der Waals surface area contributed by atoms with Gasteiger partial charge < -0.3 is 9.72 Å². The van der Waals surface area contributed by atoms with Crippen molar-refractivity contribution >= 4 is 12.2 Å². The van der Waals surface area contributed by atoms with Gasteiger partial charge in [0, 0.05) is 12.8 Å². The van der Waals surface area contributed by atoms with Crippen LogP contribution >= 0.6 is 12.2 Å². The summed E-state index contributed by atoms with van der Waals surface area (Å²) in [6.45, 7) is 0. The fourth-order valence-electron chi connectivity index (χ4n) is 2.27. The lowest BCUT2D eigenvalue weighted by atomic mass is 10.1. The zero-order chi connectivity index (χ0) is 13.2. The molecule has 4 heteroatoms. The Morgan fingerprint density at radius 2 is 2.05 bits per heavy atom. The quantitative estimate of drug-likeness (QED) is 0.861. The Bertz CT molecular complexity index is 620. The first kappa shape index (κ1) is 12.5. The molecule has 1 aliphatic rings. The van der Waals surface area contributed by atoms with Crippen LogP contribution in [0.4, 0.5) is 0 Å². The minimum absolute atomic E-state index is 0.193. The van der Waals surface area contributed by atoms with Crippen LogP contribution in [0.2, 0.25) is 0 Å². The first-order valence-electron chi connectivity index (χ1n) is 6.47. The van der Waals surface area contributed by atoms with E-state index in [9.17, 15) is 0 Å². The molecule has 0 saturated heterocycles. The predicted molar refractivity (Wildman–Crippen MR) is 76.7 cm³/mol. The van der Waals surface area contributed by atoms with Crippen LogP contribution in [-0.4, -0.2) is 17.1 Å². The normalized spacial score (nSPS) is 16.3. The van der Waals surface area contributed by atoms with Gasteiger partial charge in [0.05, 0.1) is 0 Å². The molecule has 3 rings (SSSR count). The molecule has 19 heavy (non-hydrogen) atoms. The summed E-state index contributed by atoms with van der Waals surface area (Å²) in [6.07, 6.45) is 2.27. The van der Waals surface area contributed by atoms with Gasteiger partial charge in [-0.05, 0) is 30.4 Å². The first-order chi connectivity index (χ1) is 9.28. The number of H-pyrrole nitrogens is 1. The third-order valence-electron chi connectivity index (χ3n) is 3.39. The van der Waals surface area contributed by atoms with Crippen molar-refractivity contribution in [2.75, 3.05) is 7.11 Å². The van der Waals surface area contributed by atoms with E-state index in [1.54, 1.807) is 7.11 Å². The molecule has 0 amide bonds. The molecular formula is C15H16N2OS. The SMILES string of the molecule is COC(c1ccccc1)c1nc(=S)cc(C2CC2)[nH]1. The van der Waals surface area contributed by atoms with Crippen molar-refractivity contribution in [1.82, 2.24) is 9.97 Å². The molecule has 0 aliphatic heterocycles. The maximum atomic E-state index is 5.59. The summed E-state index contributed by atoms with van der Waals surface area (Å²) >= 11 is 5.26. The Kier molecular flexibility index (Phi) is 3.44. The van der Waals surface area contributed by atoms with Gasteiger partial charge >= 0.3 is 0 Å². The van der Waals surface area contributed by atoms with Crippen molar-refractivity contribution in [2.24, 2.45) is 0 Å². The van der Waals surface area contributed by atoms with E-state index in [0.29, 0.717) is 10.6 Å². The summed E-state index contributed by atoms with van der Waals surface area (Å²) in [4.78, 5) is 7.82. The third-order valence-corrected chi connectivity index (χ3v) is 3.59. The largest absolute Gasteiger partial charge is 0.369 e. The summed E-state index contributed by atoms with van der Waals surface area (Å²) < 4.78 is 6.23. The topological polar surface area (TPSA) is 37.9 Å². The summed E-state index contributed by atoms with van der Waals surface area (Å²) in [6, 6.07) is 12.0. The average molecular weight is 272 g/mol. The molecule has 1 atom stereocenters. The van der Waals surface area contributed by atoms with Crippen LogP contribution in [0.5, 0.6) is 0 Å². The second-order valence-corrected chi connectivity index (χ2v) is 5.28. The molecule has 0 radical (unpaired) electrons. The number of ether oxygens (including phenoxy) is 1. The van der Waals surface area contributed by atoms with E-state index >= 15 is 0 Å². The van der Waals surface area contributed by atoms with Gasteiger partial charge in [-0.25, -0.2) is 4.98 Å². The number of aromatic nitrogens is 2. The average Bonchev–Trinajstić information content (AvgIpc) is 3.24. The molecule has 0 spiro atoms. The van der Waals surface area contributed by atoms with Gasteiger partial charge in [-0.1, -0.05) is 42.5 Å².